The maximum Gasteiger partial charge on any atom is 0.412 e. The lowest BCUT2D eigenvalue weighted by Gasteiger charge is -2.35. The van der Waals surface area contributed by atoms with E-state index in [9.17, 15) is 14.0 Å². The Kier molecular flexibility index (Phi) is 2.63. The van der Waals surface area contributed by atoms with Gasteiger partial charge in [-0.1, -0.05) is 6.07 Å². The van der Waals surface area contributed by atoms with Crippen LogP contribution in [-0.2, 0) is 4.79 Å². The van der Waals surface area contributed by atoms with Gasteiger partial charge in [0.05, 0.1) is 5.69 Å². The summed E-state index contributed by atoms with van der Waals surface area (Å²) in [5, 5.41) is 18.0. The third-order valence-electron chi connectivity index (χ3n) is 2.72. The number of anilines is 2. The van der Waals surface area contributed by atoms with E-state index in [0.717, 1.165) is 6.07 Å². The van der Waals surface area contributed by atoms with Crippen LogP contribution in [0.25, 0.3) is 0 Å². The molecule has 92 valence electrons. The Morgan fingerprint density at radius 3 is 2.78 bits per heavy atom. The number of para-hydroxylation sites is 1. The lowest BCUT2D eigenvalue weighted by Crippen LogP contribution is -2.52. The Morgan fingerprint density at radius 1 is 1.56 bits per heavy atom. The van der Waals surface area contributed by atoms with Gasteiger partial charge in [-0.05, 0) is 19.1 Å². The molecule has 0 aromatic heterocycles. The van der Waals surface area contributed by atoms with Crippen molar-refractivity contribution < 1.29 is 19.1 Å². The molecule has 0 saturated carbocycles. The molecule has 1 aromatic carbocycles. The number of carbonyl (C=O) groups is 2. The summed E-state index contributed by atoms with van der Waals surface area (Å²) in [5.74, 6) is -1.51. The van der Waals surface area contributed by atoms with Gasteiger partial charge in [0.1, 0.15) is 17.5 Å². The zero-order valence-electron chi connectivity index (χ0n) is 9.29. The number of nitriles is 1. The van der Waals surface area contributed by atoms with Crippen LogP contribution in [0.4, 0.5) is 20.6 Å². The van der Waals surface area contributed by atoms with Crippen LogP contribution in [0, 0.1) is 17.3 Å². The summed E-state index contributed by atoms with van der Waals surface area (Å²) in [4.78, 5) is 24.3. The molecule has 1 atom stereocenters. The average Bonchev–Trinajstić information content (AvgIpc) is 2.31. The highest BCUT2D eigenvalue weighted by molar-refractivity contribution is 6.12. The molecule has 0 aliphatic carbocycles. The van der Waals surface area contributed by atoms with Gasteiger partial charge in [-0.2, -0.15) is 5.26 Å². The van der Waals surface area contributed by atoms with Crippen molar-refractivity contribution in [2.75, 3.05) is 9.80 Å². The van der Waals surface area contributed by atoms with E-state index in [0.29, 0.717) is 9.80 Å². The largest absolute Gasteiger partial charge is 0.465 e. The van der Waals surface area contributed by atoms with Crippen LogP contribution >= 0.6 is 0 Å². The first-order valence-electron chi connectivity index (χ1n) is 5.03. The lowest BCUT2D eigenvalue weighted by atomic mass is 10.1. The van der Waals surface area contributed by atoms with Gasteiger partial charge < -0.3 is 5.11 Å². The van der Waals surface area contributed by atoms with Crippen molar-refractivity contribution >= 4 is 23.4 Å². The number of hydrogen-bond donors (Lipinski definition) is 1. The lowest BCUT2D eigenvalue weighted by molar-refractivity contribution is -0.119. The summed E-state index contributed by atoms with van der Waals surface area (Å²) < 4.78 is 13.7. The molecule has 1 aliphatic heterocycles. The van der Waals surface area contributed by atoms with Gasteiger partial charge in [0, 0.05) is 0 Å². The van der Waals surface area contributed by atoms with E-state index < -0.39 is 23.9 Å². The predicted octanol–water partition coefficient (Wildman–Crippen LogP) is 1.53. The van der Waals surface area contributed by atoms with Crippen LogP contribution in [0.2, 0.25) is 0 Å². The normalized spacial score (nSPS) is 18.3. The first kappa shape index (κ1) is 11.9. The average molecular weight is 249 g/mol. The molecule has 0 fully saturated rings. The van der Waals surface area contributed by atoms with Crippen molar-refractivity contribution in [3.63, 3.8) is 0 Å². The Hall–Kier alpha value is -2.62. The van der Waals surface area contributed by atoms with E-state index in [1.807, 2.05) is 0 Å². The molecule has 18 heavy (non-hydrogen) atoms. The second-order valence-electron chi connectivity index (χ2n) is 3.71. The fraction of sp³-hybridized carbons (Fsp3) is 0.182. The van der Waals surface area contributed by atoms with Gasteiger partial charge in [0.25, 0.3) is 5.91 Å². The molecule has 6 nitrogen and oxygen atoms in total. The SMILES string of the molecule is CC1C(=O)N(C#N)c2cccc(F)c2N1C(=O)O. The van der Waals surface area contributed by atoms with Crippen molar-refractivity contribution in [1.82, 2.24) is 0 Å². The highest BCUT2D eigenvalue weighted by atomic mass is 19.1. The van der Waals surface area contributed by atoms with Crippen molar-refractivity contribution in [1.29, 1.82) is 5.26 Å². The molecule has 7 heteroatoms. The molecular weight excluding hydrogens is 241 g/mol. The molecule has 0 spiro atoms. The molecule has 1 N–H and O–H groups in total. The number of halogens is 1. The maximum absolute atomic E-state index is 13.7. The van der Waals surface area contributed by atoms with Gasteiger partial charge in [-0.25, -0.2) is 14.1 Å². The molecule has 0 saturated heterocycles. The van der Waals surface area contributed by atoms with Gasteiger partial charge >= 0.3 is 6.09 Å². The summed E-state index contributed by atoms with van der Waals surface area (Å²) >= 11 is 0. The van der Waals surface area contributed by atoms with Crippen molar-refractivity contribution in [3.05, 3.63) is 24.0 Å². The number of rotatable bonds is 0. The third-order valence-corrected chi connectivity index (χ3v) is 2.72. The zero-order chi connectivity index (χ0) is 13.4. The summed E-state index contributed by atoms with van der Waals surface area (Å²) in [6.07, 6.45) is 0.180. The van der Waals surface area contributed by atoms with E-state index in [-0.39, 0.29) is 11.4 Å². The molecule has 1 unspecified atom stereocenters. The van der Waals surface area contributed by atoms with Crippen LogP contribution < -0.4 is 9.80 Å². The smallest absolute Gasteiger partial charge is 0.412 e. The van der Waals surface area contributed by atoms with Crippen LogP contribution in [0.1, 0.15) is 6.92 Å². The number of benzene rings is 1. The van der Waals surface area contributed by atoms with Crippen LogP contribution in [0.3, 0.4) is 0 Å². The molecule has 2 amide bonds. The first-order valence-corrected chi connectivity index (χ1v) is 5.03. The first-order chi connectivity index (χ1) is 8.49. The third kappa shape index (κ3) is 1.47. The fourth-order valence-electron chi connectivity index (χ4n) is 1.90. The highest BCUT2D eigenvalue weighted by Gasteiger charge is 2.40. The predicted molar refractivity (Wildman–Crippen MR) is 59.5 cm³/mol. The zero-order valence-corrected chi connectivity index (χ0v) is 9.29. The number of hydrogen-bond acceptors (Lipinski definition) is 3. The van der Waals surface area contributed by atoms with Crippen molar-refractivity contribution in [3.8, 4) is 6.19 Å². The molecule has 2 rings (SSSR count). The van der Waals surface area contributed by atoms with E-state index in [1.165, 1.54) is 19.1 Å². The van der Waals surface area contributed by atoms with Gasteiger partial charge in [0.15, 0.2) is 6.19 Å². The molecule has 0 radical (unpaired) electrons. The summed E-state index contributed by atoms with van der Waals surface area (Å²) in [5.41, 5.74) is -0.346. The molecule has 0 bridgehead atoms. The van der Waals surface area contributed by atoms with E-state index in [2.05, 4.69) is 0 Å². The standard InChI is InChI=1S/C11H8FN3O3/c1-6-10(16)14(5-13)8-4-2-3-7(12)9(8)15(6)11(17)18/h2-4,6H,1H3,(H,17,18). The number of carbonyl (C=O) groups excluding carboxylic acids is 1. The minimum atomic E-state index is -1.44. The van der Waals surface area contributed by atoms with E-state index in [4.69, 9.17) is 10.4 Å². The summed E-state index contributed by atoms with van der Waals surface area (Å²) in [6, 6.07) is 2.56. The highest BCUT2D eigenvalue weighted by Crippen LogP contribution is 2.37. The summed E-state index contributed by atoms with van der Waals surface area (Å²) in [6.45, 7) is 1.30. The van der Waals surface area contributed by atoms with Crippen LogP contribution in [0.15, 0.2) is 18.2 Å². The van der Waals surface area contributed by atoms with Gasteiger partial charge in [-0.3, -0.25) is 9.69 Å². The number of carboxylic acid groups (broad SMARTS) is 1. The fourth-order valence-corrected chi connectivity index (χ4v) is 1.90. The Labute approximate surface area is 101 Å². The Morgan fingerprint density at radius 2 is 2.22 bits per heavy atom. The minimum absolute atomic E-state index is 0.0667. The van der Waals surface area contributed by atoms with Crippen LogP contribution in [-0.4, -0.2) is 23.1 Å². The number of fused-ring (bicyclic) bond motifs is 1. The topological polar surface area (TPSA) is 84.6 Å². The monoisotopic (exact) mass is 249 g/mol. The van der Waals surface area contributed by atoms with Gasteiger partial charge in [0.2, 0.25) is 0 Å². The van der Waals surface area contributed by atoms with Gasteiger partial charge in [-0.15, -0.1) is 0 Å². The Balaban J connectivity index is 2.74. The maximum atomic E-state index is 13.7. The second-order valence-corrected chi connectivity index (χ2v) is 3.71. The number of nitrogens with zero attached hydrogens (tertiary/aromatic N) is 3. The second kappa shape index (κ2) is 4.00. The number of amides is 2. The van der Waals surface area contributed by atoms with E-state index in [1.54, 1.807) is 6.19 Å². The van der Waals surface area contributed by atoms with Crippen molar-refractivity contribution in [2.24, 2.45) is 0 Å². The Bertz CT molecular complexity index is 581. The minimum Gasteiger partial charge on any atom is -0.465 e. The van der Waals surface area contributed by atoms with Crippen LogP contribution in [0.5, 0.6) is 0 Å². The summed E-state index contributed by atoms with van der Waals surface area (Å²) in [7, 11) is 0. The molecule has 1 aliphatic rings. The molecular formula is C11H8FN3O3. The van der Waals surface area contributed by atoms with Crippen molar-refractivity contribution in [2.45, 2.75) is 13.0 Å². The molecule has 1 aromatic rings. The van der Waals surface area contributed by atoms with E-state index >= 15 is 0 Å². The quantitative estimate of drug-likeness (QED) is 0.706. The molecule has 1 heterocycles.